The van der Waals surface area contributed by atoms with E-state index in [4.69, 9.17) is 21.1 Å². The Bertz CT molecular complexity index is 1250. The zero-order valence-electron chi connectivity index (χ0n) is 19.1. The highest BCUT2D eigenvalue weighted by Crippen LogP contribution is 2.27. The monoisotopic (exact) mass is 528 g/mol. The second kappa shape index (κ2) is 11.3. The van der Waals surface area contributed by atoms with Gasteiger partial charge in [0, 0.05) is 54.9 Å². The topological polar surface area (TPSA) is 139 Å². The van der Waals surface area contributed by atoms with Crippen molar-refractivity contribution in [3.05, 3.63) is 47.3 Å². The van der Waals surface area contributed by atoms with Crippen molar-refractivity contribution < 1.29 is 22.1 Å². The highest BCUT2D eigenvalue weighted by molar-refractivity contribution is 7.91. The van der Waals surface area contributed by atoms with Crippen molar-refractivity contribution >= 4 is 32.2 Å². The number of hydrogen-bond acceptors (Lipinski definition) is 10. The van der Waals surface area contributed by atoms with Gasteiger partial charge in [0.15, 0.2) is 21.5 Å². The molecule has 0 aromatic carbocycles. The molecule has 11 nitrogen and oxygen atoms in total. The Labute approximate surface area is 205 Å². The lowest BCUT2D eigenvalue weighted by Gasteiger charge is -2.21. The summed E-state index contributed by atoms with van der Waals surface area (Å²) in [5.41, 5.74) is 0.453. The first-order valence-corrected chi connectivity index (χ1v) is 13.9. The summed E-state index contributed by atoms with van der Waals surface area (Å²) in [6, 6.07) is 5.14. The molecule has 0 radical (unpaired) electrons. The Hall–Kier alpha value is -2.48. The highest BCUT2D eigenvalue weighted by Gasteiger charge is 2.34. The van der Waals surface area contributed by atoms with Gasteiger partial charge in [0.25, 0.3) is 0 Å². The van der Waals surface area contributed by atoms with E-state index in [1.807, 2.05) is 0 Å². The van der Waals surface area contributed by atoms with E-state index in [-0.39, 0.29) is 23.9 Å². The third-order valence-corrected chi connectivity index (χ3v) is 8.06. The molecule has 0 amide bonds. The Kier molecular flexibility index (Phi) is 8.68. The molecule has 34 heavy (non-hydrogen) atoms. The van der Waals surface area contributed by atoms with Gasteiger partial charge in [-0.1, -0.05) is 17.7 Å². The molecule has 0 spiro atoms. The van der Waals surface area contributed by atoms with Crippen molar-refractivity contribution in [3.8, 4) is 17.4 Å². The molecule has 0 bridgehead atoms. The summed E-state index contributed by atoms with van der Waals surface area (Å²) >= 11 is 5.84. The average molecular weight is 529 g/mol. The van der Waals surface area contributed by atoms with Crippen LogP contribution >= 0.6 is 11.6 Å². The number of halogens is 1. The van der Waals surface area contributed by atoms with E-state index in [1.165, 1.54) is 33.5 Å². The maximum Gasteiger partial charge on any atom is 0.213 e. The number of rotatable bonds is 11. The lowest BCUT2D eigenvalue weighted by Crippen LogP contribution is -2.30. The second-order valence-electron chi connectivity index (χ2n) is 7.36. The van der Waals surface area contributed by atoms with Crippen LogP contribution in [0.3, 0.4) is 0 Å². The van der Waals surface area contributed by atoms with Gasteiger partial charge in [-0.05, 0) is 13.0 Å². The largest absolute Gasteiger partial charge is 0.481 e. The number of sulfone groups is 1. The summed E-state index contributed by atoms with van der Waals surface area (Å²) in [7, 11) is -2.04. The van der Waals surface area contributed by atoms with Crippen molar-refractivity contribution in [1.82, 2.24) is 29.7 Å². The number of methoxy groups -OCH3 is 2. The minimum Gasteiger partial charge on any atom is -0.481 e. The molecule has 184 valence electrons. The van der Waals surface area contributed by atoms with Crippen LogP contribution in [-0.4, -0.2) is 73.8 Å². The molecule has 0 fully saturated rings. The van der Waals surface area contributed by atoms with Gasteiger partial charge in [-0.2, -0.15) is 0 Å². The Morgan fingerprint density at radius 2 is 1.88 bits per heavy atom. The third kappa shape index (κ3) is 6.14. The maximum absolute atomic E-state index is 13.3. The van der Waals surface area contributed by atoms with E-state index in [0.717, 1.165) is 0 Å². The third-order valence-electron chi connectivity index (χ3n) is 5.06. The summed E-state index contributed by atoms with van der Waals surface area (Å²) in [6.45, 7) is 1.77. The van der Waals surface area contributed by atoms with Crippen LogP contribution in [0.25, 0.3) is 11.5 Å². The normalized spacial score (nSPS) is 14.5. The number of nitrogens with zero attached hydrogens (tertiary/aromatic N) is 6. The molecule has 0 saturated carbocycles. The van der Waals surface area contributed by atoms with Gasteiger partial charge < -0.3 is 14.0 Å². The van der Waals surface area contributed by atoms with Crippen molar-refractivity contribution in [3.63, 3.8) is 0 Å². The van der Waals surface area contributed by atoms with Gasteiger partial charge in [-0.15, -0.1) is 10.2 Å². The van der Waals surface area contributed by atoms with E-state index in [2.05, 4.69) is 25.1 Å². The van der Waals surface area contributed by atoms with Crippen LogP contribution in [0.4, 0.5) is 0 Å². The highest BCUT2D eigenvalue weighted by atomic mass is 35.5. The summed E-state index contributed by atoms with van der Waals surface area (Å²) in [5.74, 6) is 0.994. The predicted octanol–water partition coefficient (Wildman–Crippen LogP) is 1.86. The van der Waals surface area contributed by atoms with Crippen LogP contribution in [0.5, 0.6) is 5.88 Å². The number of ether oxygens (including phenoxy) is 2. The van der Waals surface area contributed by atoms with Crippen LogP contribution in [0, 0.1) is 0 Å². The molecule has 14 heteroatoms. The molecule has 0 aliphatic heterocycles. The molecule has 0 aliphatic carbocycles. The van der Waals surface area contributed by atoms with Crippen molar-refractivity contribution in [2.24, 2.45) is 0 Å². The predicted molar refractivity (Wildman–Crippen MR) is 128 cm³/mol. The number of aromatic nitrogens is 6. The van der Waals surface area contributed by atoms with Crippen molar-refractivity contribution in [2.75, 3.05) is 26.2 Å². The fraction of sp³-hybridized carbons (Fsp3) is 0.450. The molecule has 3 aromatic heterocycles. The maximum atomic E-state index is 13.3. The Morgan fingerprint density at radius 3 is 2.50 bits per heavy atom. The van der Waals surface area contributed by atoms with Crippen molar-refractivity contribution in [2.45, 2.75) is 30.6 Å². The Balaban J connectivity index is 1.95. The molecule has 0 saturated heterocycles. The summed E-state index contributed by atoms with van der Waals surface area (Å²) in [6.07, 6.45) is 3.41. The quantitative estimate of drug-likeness (QED) is 0.362. The SMILES string of the molecule is COc1cccc(-c2nnc(CS(=O)(=O)[C@@H](C)[C@H](OC)c3ncc(Cl)cn3)n2CC[S@@](C)=O)n1. The number of hydrogen-bond donors (Lipinski definition) is 0. The van der Waals surface area contributed by atoms with E-state index in [1.54, 1.807) is 29.0 Å². The first kappa shape index (κ1) is 26.1. The number of pyridine rings is 1. The van der Waals surface area contributed by atoms with Gasteiger partial charge in [-0.25, -0.2) is 23.4 Å². The smallest absolute Gasteiger partial charge is 0.213 e. The fourth-order valence-electron chi connectivity index (χ4n) is 3.22. The summed E-state index contributed by atoms with van der Waals surface area (Å²) in [5, 5.41) is 7.63. The van der Waals surface area contributed by atoms with E-state index < -0.39 is 37.7 Å². The zero-order valence-corrected chi connectivity index (χ0v) is 21.5. The van der Waals surface area contributed by atoms with E-state index in [0.29, 0.717) is 22.4 Å². The van der Waals surface area contributed by atoms with Crippen molar-refractivity contribution in [1.29, 1.82) is 0 Å². The first-order valence-electron chi connectivity index (χ1n) is 10.1. The van der Waals surface area contributed by atoms with E-state index >= 15 is 0 Å². The van der Waals surface area contributed by atoms with Crippen LogP contribution in [0.15, 0.2) is 30.6 Å². The fourth-order valence-corrected chi connectivity index (χ4v) is 5.20. The lowest BCUT2D eigenvalue weighted by atomic mass is 10.2. The summed E-state index contributed by atoms with van der Waals surface area (Å²) < 4.78 is 50.7. The molecular formula is C20H25ClN6O5S2. The molecule has 0 N–H and O–H groups in total. The zero-order chi connectivity index (χ0) is 24.9. The van der Waals surface area contributed by atoms with Gasteiger partial charge in [0.05, 0.1) is 17.4 Å². The first-order chi connectivity index (χ1) is 16.2. The molecule has 0 aliphatic rings. The van der Waals surface area contributed by atoms with Gasteiger partial charge in [0.1, 0.15) is 23.4 Å². The van der Waals surface area contributed by atoms with Crippen LogP contribution in [-0.2, 0) is 37.7 Å². The van der Waals surface area contributed by atoms with Crippen LogP contribution in [0.1, 0.15) is 24.7 Å². The summed E-state index contributed by atoms with van der Waals surface area (Å²) in [4.78, 5) is 12.6. The van der Waals surface area contributed by atoms with Gasteiger partial charge >= 0.3 is 0 Å². The van der Waals surface area contributed by atoms with Crippen LogP contribution in [0.2, 0.25) is 5.02 Å². The molecule has 3 rings (SSSR count). The average Bonchev–Trinajstić information content (AvgIpc) is 3.20. The standard InChI is InChI=1S/C20H25ClN6O5S2/c1-13(18(32-3)19-22-10-14(21)11-23-19)34(29,30)12-16-25-26-20(27(16)8-9-33(4)28)15-6-5-7-17(24-15)31-2/h5-7,10-11,13,18H,8-9,12H2,1-4H3/t13-,18-,33+/m0/s1. The van der Waals surface area contributed by atoms with Gasteiger partial charge in [0.2, 0.25) is 5.88 Å². The molecular weight excluding hydrogens is 504 g/mol. The molecule has 3 atom stereocenters. The molecule has 0 unspecified atom stereocenters. The minimum atomic E-state index is -3.81. The van der Waals surface area contributed by atoms with Gasteiger partial charge in [-0.3, -0.25) is 4.21 Å². The van der Waals surface area contributed by atoms with E-state index in [9.17, 15) is 12.6 Å². The molecule has 3 aromatic rings. The van der Waals surface area contributed by atoms with Crippen LogP contribution < -0.4 is 4.74 Å². The Morgan fingerprint density at radius 1 is 1.18 bits per heavy atom. The second-order valence-corrected chi connectivity index (χ2v) is 11.7. The minimum absolute atomic E-state index is 0.198. The lowest BCUT2D eigenvalue weighted by molar-refractivity contribution is 0.0948. The molecule has 3 heterocycles.